The molecule has 2 heterocycles. The maximum atomic E-state index is 13.8. The molecule has 1 saturated heterocycles. The van der Waals surface area contributed by atoms with Crippen LogP contribution in [0.25, 0.3) is 10.8 Å². The number of fused-ring (bicyclic) bond motifs is 1. The minimum atomic E-state index is -3.94. The van der Waals surface area contributed by atoms with Crippen LogP contribution in [-0.2, 0) is 19.6 Å². The van der Waals surface area contributed by atoms with E-state index in [-0.39, 0.29) is 36.3 Å². The third kappa shape index (κ3) is 5.80. The van der Waals surface area contributed by atoms with Crippen LogP contribution in [0.4, 0.5) is 10.8 Å². The van der Waals surface area contributed by atoms with E-state index in [1.54, 1.807) is 34.7 Å². The molecule has 2 amide bonds. The van der Waals surface area contributed by atoms with Crippen molar-refractivity contribution in [3.8, 4) is 0 Å². The van der Waals surface area contributed by atoms with Crippen molar-refractivity contribution in [3.05, 3.63) is 48.0 Å². The van der Waals surface area contributed by atoms with E-state index >= 15 is 0 Å². The number of sulfonamides is 1. The van der Waals surface area contributed by atoms with E-state index in [9.17, 15) is 18.0 Å². The lowest BCUT2D eigenvalue weighted by Crippen LogP contribution is -2.58. The van der Waals surface area contributed by atoms with Gasteiger partial charge in [0.25, 0.3) is 0 Å². The summed E-state index contributed by atoms with van der Waals surface area (Å²) in [5.41, 5.74) is 0.919. The number of amides is 2. The molecule has 0 bridgehead atoms. The number of hydrogen-bond donors (Lipinski definition) is 1. The highest BCUT2D eigenvalue weighted by Gasteiger charge is 2.39. The van der Waals surface area contributed by atoms with E-state index in [0.717, 1.165) is 36.8 Å². The zero-order chi connectivity index (χ0) is 27.6. The summed E-state index contributed by atoms with van der Waals surface area (Å²) < 4.78 is 28.9. The van der Waals surface area contributed by atoms with Gasteiger partial charge in [0, 0.05) is 55.2 Å². The number of piperazine rings is 1. The number of rotatable bonds is 8. The second kappa shape index (κ2) is 11.6. The molecule has 1 saturated carbocycles. The lowest BCUT2D eigenvalue weighted by Gasteiger charge is -2.39. The van der Waals surface area contributed by atoms with Crippen LogP contribution in [-0.4, -0.2) is 74.2 Å². The average molecular weight is 570 g/mol. The Labute approximate surface area is 233 Å². The zero-order valence-corrected chi connectivity index (χ0v) is 24.0. The predicted molar refractivity (Wildman–Crippen MR) is 154 cm³/mol. The van der Waals surface area contributed by atoms with Gasteiger partial charge in [-0.3, -0.25) is 9.59 Å². The van der Waals surface area contributed by atoms with Gasteiger partial charge in [0.05, 0.1) is 11.4 Å². The SMILES string of the molecule is CN(C)c1cccc2c(S(=O)(=O)N3CCN([C@@H](CC4CCCCC4)C(=O)Nc4nccs4)C(=O)C3)cccc12. The van der Waals surface area contributed by atoms with Gasteiger partial charge in [0.1, 0.15) is 6.04 Å². The maximum absolute atomic E-state index is 13.8. The highest BCUT2D eigenvalue weighted by Crippen LogP contribution is 2.33. The topological polar surface area (TPSA) is 103 Å². The molecule has 3 aromatic rings. The first-order chi connectivity index (χ1) is 18.8. The molecule has 39 heavy (non-hydrogen) atoms. The van der Waals surface area contributed by atoms with Gasteiger partial charge < -0.3 is 15.1 Å². The van der Waals surface area contributed by atoms with Gasteiger partial charge >= 0.3 is 0 Å². The highest BCUT2D eigenvalue weighted by atomic mass is 32.2. The van der Waals surface area contributed by atoms with Gasteiger partial charge in [-0.05, 0) is 24.5 Å². The maximum Gasteiger partial charge on any atom is 0.248 e. The van der Waals surface area contributed by atoms with Crippen molar-refractivity contribution in [2.45, 2.75) is 49.5 Å². The second-order valence-corrected chi connectivity index (χ2v) is 13.3. The monoisotopic (exact) mass is 569 g/mol. The van der Waals surface area contributed by atoms with Crippen LogP contribution in [0, 0.1) is 5.92 Å². The summed E-state index contributed by atoms with van der Waals surface area (Å²) >= 11 is 1.33. The minimum Gasteiger partial charge on any atom is -0.377 e. The van der Waals surface area contributed by atoms with E-state index < -0.39 is 16.1 Å². The van der Waals surface area contributed by atoms with Gasteiger partial charge in [-0.2, -0.15) is 4.31 Å². The number of hydrogen-bond acceptors (Lipinski definition) is 7. The number of nitrogens with zero attached hydrogens (tertiary/aromatic N) is 4. The molecule has 5 rings (SSSR count). The molecule has 2 aliphatic rings. The molecule has 0 radical (unpaired) electrons. The van der Waals surface area contributed by atoms with Crippen molar-refractivity contribution in [2.75, 3.05) is 43.9 Å². The summed E-state index contributed by atoms with van der Waals surface area (Å²) in [5, 5.41) is 6.61. The van der Waals surface area contributed by atoms with E-state index in [1.807, 2.05) is 37.2 Å². The van der Waals surface area contributed by atoms with E-state index in [1.165, 1.54) is 22.1 Å². The van der Waals surface area contributed by atoms with E-state index in [0.29, 0.717) is 22.9 Å². The van der Waals surface area contributed by atoms with Crippen molar-refractivity contribution in [3.63, 3.8) is 0 Å². The number of carbonyl (C=O) groups is 2. The average Bonchev–Trinajstić information content (AvgIpc) is 3.44. The molecule has 1 N–H and O–H groups in total. The molecule has 1 aliphatic heterocycles. The summed E-state index contributed by atoms with van der Waals surface area (Å²) in [6.07, 6.45) is 7.75. The van der Waals surface area contributed by atoms with Gasteiger partial charge in [-0.15, -0.1) is 11.3 Å². The highest BCUT2D eigenvalue weighted by molar-refractivity contribution is 7.89. The normalized spacial score (nSPS) is 18.3. The number of thiazole rings is 1. The Hall–Kier alpha value is -3.02. The molecule has 9 nitrogen and oxygen atoms in total. The molecule has 2 aromatic carbocycles. The second-order valence-electron chi connectivity index (χ2n) is 10.5. The minimum absolute atomic E-state index is 0.129. The third-order valence-corrected chi connectivity index (χ3v) is 10.4. The lowest BCUT2D eigenvalue weighted by atomic mass is 9.84. The summed E-state index contributed by atoms with van der Waals surface area (Å²) in [4.78, 5) is 34.8. The number of anilines is 2. The van der Waals surface area contributed by atoms with Crippen LogP contribution in [0.15, 0.2) is 52.9 Å². The van der Waals surface area contributed by atoms with Crippen molar-refractivity contribution in [2.24, 2.45) is 5.92 Å². The molecule has 1 atom stereocenters. The summed E-state index contributed by atoms with van der Waals surface area (Å²) in [6, 6.07) is 10.2. The largest absolute Gasteiger partial charge is 0.377 e. The lowest BCUT2D eigenvalue weighted by molar-refractivity contribution is -0.142. The van der Waals surface area contributed by atoms with Gasteiger partial charge in [0.2, 0.25) is 21.8 Å². The smallest absolute Gasteiger partial charge is 0.248 e. The third-order valence-electron chi connectivity index (χ3n) is 7.80. The number of nitrogens with one attached hydrogen (secondary N) is 1. The fraction of sp³-hybridized carbons (Fsp3) is 0.464. The predicted octanol–water partition coefficient (Wildman–Crippen LogP) is 4.17. The molecule has 1 aromatic heterocycles. The Balaban J connectivity index is 1.38. The quantitative estimate of drug-likeness (QED) is 0.437. The molecule has 2 fully saturated rings. The number of carbonyl (C=O) groups excluding carboxylic acids is 2. The Morgan fingerprint density at radius 1 is 1.10 bits per heavy atom. The van der Waals surface area contributed by atoms with Crippen LogP contribution in [0.1, 0.15) is 38.5 Å². The van der Waals surface area contributed by atoms with Crippen molar-refractivity contribution in [1.29, 1.82) is 0 Å². The van der Waals surface area contributed by atoms with Crippen molar-refractivity contribution >= 4 is 54.8 Å². The first-order valence-corrected chi connectivity index (χ1v) is 15.8. The zero-order valence-electron chi connectivity index (χ0n) is 22.4. The van der Waals surface area contributed by atoms with Crippen LogP contribution in [0.2, 0.25) is 0 Å². The Kier molecular flexibility index (Phi) is 8.20. The molecular weight excluding hydrogens is 534 g/mol. The summed E-state index contributed by atoms with van der Waals surface area (Å²) in [5.74, 6) is -0.249. The van der Waals surface area contributed by atoms with E-state index in [2.05, 4.69) is 10.3 Å². The Bertz CT molecular complexity index is 1440. The number of benzene rings is 2. The first kappa shape index (κ1) is 27.5. The Morgan fingerprint density at radius 3 is 2.54 bits per heavy atom. The van der Waals surface area contributed by atoms with Crippen molar-refractivity contribution in [1.82, 2.24) is 14.2 Å². The fourth-order valence-electron chi connectivity index (χ4n) is 5.81. The van der Waals surface area contributed by atoms with Crippen LogP contribution >= 0.6 is 11.3 Å². The standard InChI is InChI=1S/C28H35N5O4S2/c1-31(2)23-12-6-11-22-21(23)10-7-13-25(22)39(36,37)32-15-16-33(26(34)19-32)24(18-20-8-4-3-5-9-20)27(35)30-28-29-14-17-38-28/h6-7,10-14,17,20,24H,3-5,8-9,15-16,18-19H2,1-2H3,(H,29,30,35)/t24-/m0/s1. The van der Waals surface area contributed by atoms with Gasteiger partial charge in [0.15, 0.2) is 5.13 Å². The molecule has 1 aliphatic carbocycles. The molecule has 0 spiro atoms. The molecule has 0 unspecified atom stereocenters. The number of aromatic nitrogens is 1. The van der Waals surface area contributed by atoms with E-state index in [4.69, 9.17) is 0 Å². The molecule has 11 heteroatoms. The van der Waals surface area contributed by atoms with Gasteiger partial charge in [-0.1, -0.05) is 56.4 Å². The Morgan fingerprint density at radius 2 is 1.85 bits per heavy atom. The summed E-state index contributed by atoms with van der Waals surface area (Å²) in [6.45, 7) is -0.00419. The fourth-order valence-corrected chi connectivity index (χ4v) is 7.93. The molecular formula is C28H35N5O4S2. The van der Waals surface area contributed by atoms with Crippen molar-refractivity contribution < 1.29 is 18.0 Å². The van der Waals surface area contributed by atoms with Gasteiger partial charge in [-0.25, -0.2) is 13.4 Å². The van der Waals surface area contributed by atoms with Crippen LogP contribution in [0.3, 0.4) is 0 Å². The molecule has 208 valence electrons. The first-order valence-electron chi connectivity index (χ1n) is 13.4. The van der Waals surface area contributed by atoms with Crippen LogP contribution < -0.4 is 10.2 Å². The summed E-state index contributed by atoms with van der Waals surface area (Å²) in [7, 11) is -0.105. The van der Waals surface area contributed by atoms with Crippen LogP contribution in [0.5, 0.6) is 0 Å².